The zero-order valence-electron chi connectivity index (χ0n) is 7.42. The topological polar surface area (TPSA) is 62.7 Å². The Bertz CT molecular complexity index is 97.7. The van der Waals surface area contributed by atoms with Gasteiger partial charge >= 0.3 is 8.80 Å². The first-order chi connectivity index (χ1) is 4.74. The van der Waals surface area contributed by atoms with Gasteiger partial charge in [0.25, 0.3) is 0 Å². The van der Waals surface area contributed by atoms with Crippen LogP contribution in [0.15, 0.2) is 12.7 Å². The lowest BCUT2D eigenvalue weighted by Crippen LogP contribution is -2.41. The Morgan fingerprint density at radius 3 is 1.64 bits per heavy atom. The lowest BCUT2D eigenvalue weighted by atomic mass is 10.8. The molecular formula is C6H17NO3Si. The molecule has 0 aromatic carbocycles. The lowest BCUT2D eigenvalue weighted by Gasteiger charge is -2.22. The van der Waals surface area contributed by atoms with Gasteiger partial charge in [0.15, 0.2) is 0 Å². The molecule has 0 atom stereocenters. The molecule has 0 radical (unpaired) electrons. The normalized spacial score (nSPS) is 10.5. The number of hydrogen-bond donors (Lipinski definition) is 1. The molecule has 0 amide bonds. The van der Waals surface area contributed by atoms with E-state index in [4.69, 9.17) is 13.3 Å². The van der Waals surface area contributed by atoms with Crippen LogP contribution in [0.4, 0.5) is 0 Å². The van der Waals surface area contributed by atoms with Crippen LogP contribution in [0.2, 0.25) is 6.04 Å². The summed E-state index contributed by atoms with van der Waals surface area (Å²) in [6.45, 7) is 3.58. The van der Waals surface area contributed by atoms with Crippen LogP contribution in [0, 0.1) is 0 Å². The minimum Gasteiger partial charge on any atom is -0.377 e. The predicted molar refractivity (Wildman–Crippen MR) is 46.8 cm³/mol. The van der Waals surface area contributed by atoms with Crippen molar-refractivity contribution in [2.45, 2.75) is 6.04 Å². The maximum atomic E-state index is 5.10. The van der Waals surface area contributed by atoms with Crippen LogP contribution in [-0.2, 0) is 13.3 Å². The summed E-state index contributed by atoms with van der Waals surface area (Å²) >= 11 is 0. The number of hydrogen-bond acceptors (Lipinski definition) is 4. The van der Waals surface area contributed by atoms with Crippen LogP contribution in [0.1, 0.15) is 0 Å². The fraction of sp³-hybridized carbons (Fsp3) is 0.667. The van der Waals surface area contributed by atoms with E-state index in [-0.39, 0.29) is 6.15 Å². The fourth-order valence-corrected chi connectivity index (χ4v) is 2.03. The molecule has 4 nitrogen and oxygen atoms in total. The van der Waals surface area contributed by atoms with E-state index in [2.05, 4.69) is 6.58 Å². The Balaban J connectivity index is 0. The summed E-state index contributed by atoms with van der Waals surface area (Å²) in [4.78, 5) is 0. The minimum absolute atomic E-state index is 0. The van der Waals surface area contributed by atoms with Crippen LogP contribution in [0.3, 0.4) is 0 Å². The maximum Gasteiger partial charge on any atom is 0.504 e. The van der Waals surface area contributed by atoms with Gasteiger partial charge in [-0.15, -0.1) is 6.58 Å². The van der Waals surface area contributed by atoms with Crippen LogP contribution >= 0.6 is 0 Å². The first kappa shape index (κ1) is 13.4. The molecule has 68 valence electrons. The molecule has 0 aliphatic heterocycles. The predicted octanol–water partition coefficient (Wildman–Crippen LogP) is 1.21. The maximum absolute atomic E-state index is 5.10. The van der Waals surface area contributed by atoms with Crippen molar-refractivity contribution < 1.29 is 13.3 Å². The summed E-state index contributed by atoms with van der Waals surface area (Å²) in [5.74, 6) is 0. The highest BCUT2D eigenvalue weighted by atomic mass is 28.4. The molecular weight excluding hydrogens is 162 g/mol. The van der Waals surface area contributed by atoms with Gasteiger partial charge in [0.05, 0.1) is 0 Å². The quantitative estimate of drug-likeness (QED) is 0.509. The second-order valence-corrected chi connectivity index (χ2v) is 4.79. The van der Waals surface area contributed by atoms with E-state index in [0.717, 1.165) is 0 Å². The highest BCUT2D eigenvalue weighted by Gasteiger charge is 2.35. The molecule has 3 N–H and O–H groups in total. The average Bonchev–Trinajstić information content (AvgIpc) is 2.01. The van der Waals surface area contributed by atoms with Gasteiger partial charge in [-0.3, -0.25) is 0 Å². The second kappa shape index (κ2) is 6.50. The molecule has 0 aliphatic rings. The van der Waals surface area contributed by atoms with Crippen molar-refractivity contribution in [1.82, 2.24) is 6.15 Å². The Hall–Kier alpha value is -0.203. The summed E-state index contributed by atoms with van der Waals surface area (Å²) in [7, 11) is 2.42. The van der Waals surface area contributed by atoms with Gasteiger partial charge in [-0.05, 0) is 0 Å². The molecule has 0 aliphatic carbocycles. The van der Waals surface area contributed by atoms with Gasteiger partial charge in [0, 0.05) is 27.4 Å². The van der Waals surface area contributed by atoms with E-state index >= 15 is 0 Å². The molecule has 0 aromatic heterocycles. The highest BCUT2D eigenvalue weighted by molar-refractivity contribution is 6.61. The molecule has 0 saturated carbocycles. The standard InChI is InChI=1S/C6H14O3Si.H3N/c1-5-6-10(7-2,8-3)9-4;/h5H,1,6H2,2-4H3;1H3. The van der Waals surface area contributed by atoms with Gasteiger partial charge in [-0.1, -0.05) is 6.08 Å². The first-order valence-electron chi connectivity index (χ1n) is 3.01. The number of rotatable bonds is 5. The summed E-state index contributed by atoms with van der Waals surface area (Å²) in [5.41, 5.74) is 0. The SMILES string of the molecule is C=CC[Si](OC)(OC)OC.N. The summed E-state index contributed by atoms with van der Waals surface area (Å²) < 4.78 is 15.3. The molecule has 11 heavy (non-hydrogen) atoms. The molecule has 0 aromatic rings. The van der Waals surface area contributed by atoms with Gasteiger partial charge < -0.3 is 19.4 Å². The summed E-state index contributed by atoms with van der Waals surface area (Å²) in [5, 5.41) is 0. The zero-order valence-corrected chi connectivity index (χ0v) is 8.42. The largest absolute Gasteiger partial charge is 0.504 e. The monoisotopic (exact) mass is 179 g/mol. The highest BCUT2D eigenvalue weighted by Crippen LogP contribution is 2.11. The van der Waals surface area contributed by atoms with E-state index in [1.165, 1.54) is 0 Å². The van der Waals surface area contributed by atoms with Gasteiger partial charge in [0.1, 0.15) is 0 Å². The summed E-state index contributed by atoms with van der Waals surface area (Å²) in [6.07, 6.45) is 1.74. The van der Waals surface area contributed by atoms with Crippen LogP contribution in [0.5, 0.6) is 0 Å². The fourth-order valence-electron chi connectivity index (χ4n) is 0.677. The van der Waals surface area contributed by atoms with Crippen molar-refractivity contribution in [2.75, 3.05) is 21.3 Å². The van der Waals surface area contributed by atoms with Crippen molar-refractivity contribution in [3.63, 3.8) is 0 Å². The van der Waals surface area contributed by atoms with Gasteiger partial charge in [-0.2, -0.15) is 0 Å². The first-order valence-corrected chi connectivity index (χ1v) is 4.94. The van der Waals surface area contributed by atoms with Crippen molar-refractivity contribution in [3.8, 4) is 0 Å². The van der Waals surface area contributed by atoms with Gasteiger partial charge in [0.2, 0.25) is 0 Å². The molecule has 0 heterocycles. The van der Waals surface area contributed by atoms with Crippen molar-refractivity contribution in [3.05, 3.63) is 12.7 Å². The summed E-state index contributed by atoms with van der Waals surface area (Å²) in [6, 6.07) is 0.649. The van der Waals surface area contributed by atoms with E-state index in [0.29, 0.717) is 6.04 Å². The van der Waals surface area contributed by atoms with Gasteiger partial charge in [-0.25, -0.2) is 0 Å². The Kier molecular flexibility index (Phi) is 7.92. The molecule has 0 unspecified atom stereocenters. The molecule has 0 saturated heterocycles. The van der Waals surface area contributed by atoms with Crippen LogP contribution in [-0.4, -0.2) is 30.1 Å². The third kappa shape index (κ3) is 3.64. The second-order valence-electron chi connectivity index (χ2n) is 1.79. The molecule has 5 heteroatoms. The minimum atomic E-state index is -2.34. The zero-order chi connectivity index (χ0) is 8.04. The van der Waals surface area contributed by atoms with Crippen LogP contribution in [0.25, 0.3) is 0 Å². The van der Waals surface area contributed by atoms with E-state index < -0.39 is 8.80 Å². The van der Waals surface area contributed by atoms with Crippen molar-refractivity contribution >= 4 is 8.80 Å². The molecule has 0 fully saturated rings. The van der Waals surface area contributed by atoms with E-state index in [9.17, 15) is 0 Å². The Morgan fingerprint density at radius 2 is 1.55 bits per heavy atom. The van der Waals surface area contributed by atoms with Crippen LogP contribution < -0.4 is 6.15 Å². The molecule has 0 bridgehead atoms. The Morgan fingerprint density at radius 1 is 1.18 bits per heavy atom. The van der Waals surface area contributed by atoms with E-state index in [1.54, 1.807) is 27.4 Å². The third-order valence-electron chi connectivity index (χ3n) is 1.33. The smallest absolute Gasteiger partial charge is 0.377 e. The molecule has 0 spiro atoms. The third-order valence-corrected chi connectivity index (χ3v) is 3.98. The lowest BCUT2D eigenvalue weighted by molar-refractivity contribution is 0.127. The Labute approximate surface area is 69.1 Å². The number of allylic oxidation sites excluding steroid dienone is 1. The van der Waals surface area contributed by atoms with Crippen molar-refractivity contribution in [1.29, 1.82) is 0 Å². The average molecular weight is 179 g/mol. The molecule has 0 rings (SSSR count). The van der Waals surface area contributed by atoms with Crippen molar-refractivity contribution in [2.24, 2.45) is 0 Å². The van der Waals surface area contributed by atoms with E-state index in [1.807, 2.05) is 0 Å².